The summed E-state index contributed by atoms with van der Waals surface area (Å²) in [6.45, 7) is 2.03. The smallest absolute Gasteiger partial charge is 0.306 e. The minimum absolute atomic E-state index is 0.0403. The predicted molar refractivity (Wildman–Crippen MR) is 62.4 cm³/mol. The van der Waals surface area contributed by atoms with Gasteiger partial charge in [0.05, 0.1) is 5.92 Å². The van der Waals surface area contributed by atoms with Crippen LogP contribution in [0.25, 0.3) is 0 Å². The zero-order valence-electron chi connectivity index (χ0n) is 10.2. The number of aliphatic hydroxyl groups is 1. The number of carbonyl (C=O) groups excluding carboxylic acids is 1. The fourth-order valence-electron chi connectivity index (χ4n) is 2.27. The number of carboxylic acids is 1. The Morgan fingerprint density at radius 3 is 2.53 bits per heavy atom. The standard InChI is InChI=1S/C12H21NO4/c1-8(3-2-6-14)13-11(15)9-4-5-10(7-9)12(16)17/h8-10,14H,2-7H2,1H3,(H,13,15)(H,16,17)/t8?,9-,10+/m1/s1. The van der Waals surface area contributed by atoms with E-state index in [9.17, 15) is 9.59 Å². The number of aliphatic carboxylic acids is 1. The molecule has 5 nitrogen and oxygen atoms in total. The Balaban J connectivity index is 2.31. The van der Waals surface area contributed by atoms with Crippen LogP contribution in [0.15, 0.2) is 0 Å². The summed E-state index contributed by atoms with van der Waals surface area (Å²) in [5.74, 6) is -1.36. The zero-order chi connectivity index (χ0) is 12.8. The van der Waals surface area contributed by atoms with Gasteiger partial charge in [-0.05, 0) is 39.0 Å². The van der Waals surface area contributed by atoms with E-state index < -0.39 is 5.97 Å². The average molecular weight is 243 g/mol. The van der Waals surface area contributed by atoms with Gasteiger partial charge in [-0.3, -0.25) is 9.59 Å². The summed E-state index contributed by atoms with van der Waals surface area (Å²) in [7, 11) is 0. The number of carboxylic acid groups (broad SMARTS) is 1. The van der Waals surface area contributed by atoms with Gasteiger partial charge in [-0.1, -0.05) is 0 Å². The Hall–Kier alpha value is -1.10. The number of hydrogen-bond acceptors (Lipinski definition) is 3. The quantitative estimate of drug-likeness (QED) is 0.643. The number of nitrogens with one attached hydrogen (secondary N) is 1. The highest BCUT2D eigenvalue weighted by molar-refractivity contribution is 5.81. The van der Waals surface area contributed by atoms with Gasteiger partial charge in [0.2, 0.25) is 5.91 Å². The number of aliphatic hydroxyl groups excluding tert-OH is 1. The Bertz CT molecular complexity index is 280. The first-order chi connectivity index (χ1) is 8.04. The molecule has 1 rings (SSSR count). The molecule has 0 aromatic heterocycles. The lowest BCUT2D eigenvalue weighted by molar-refractivity contribution is -0.141. The van der Waals surface area contributed by atoms with E-state index in [0.29, 0.717) is 25.7 Å². The van der Waals surface area contributed by atoms with E-state index >= 15 is 0 Å². The molecule has 1 aliphatic rings. The van der Waals surface area contributed by atoms with E-state index in [4.69, 9.17) is 10.2 Å². The van der Waals surface area contributed by atoms with Crippen molar-refractivity contribution in [2.24, 2.45) is 11.8 Å². The number of rotatable bonds is 6. The van der Waals surface area contributed by atoms with Crippen molar-refractivity contribution in [1.82, 2.24) is 5.32 Å². The molecule has 1 unspecified atom stereocenters. The third-order valence-corrected chi connectivity index (χ3v) is 3.34. The van der Waals surface area contributed by atoms with E-state index in [1.165, 1.54) is 0 Å². The first-order valence-corrected chi connectivity index (χ1v) is 6.18. The van der Waals surface area contributed by atoms with Crippen molar-refractivity contribution in [3.05, 3.63) is 0 Å². The molecule has 3 atom stereocenters. The minimum atomic E-state index is -0.798. The Kier molecular flexibility index (Phi) is 5.41. The Morgan fingerprint density at radius 1 is 1.35 bits per heavy atom. The number of hydrogen-bond donors (Lipinski definition) is 3. The number of carbonyl (C=O) groups is 2. The molecule has 0 aliphatic heterocycles. The topological polar surface area (TPSA) is 86.6 Å². The van der Waals surface area contributed by atoms with Crippen molar-refractivity contribution in [2.45, 2.75) is 45.1 Å². The van der Waals surface area contributed by atoms with Crippen molar-refractivity contribution in [3.63, 3.8) is 0 Å². The first-order valence-electron chi connectivity index (χ1n) is 6.18. The van der Waals surface area contributed by atoms with Gasteiger partial charge in [-0.15, -0.1) is 0 Å². The molecule has 3 N–H and O–H groups in total. The maximum Gasteiger partial charge on any atom is 0.306 e. The van der Waals surface area contributed by atoms with Crippen LogP contribution in [0.2, 0.25) is 0 Å². The van der Waals surface area contributed by atoms with Crippen LogP contribution in [0.3, 0.4) is 0 Å². The molecule has 1 aliphatic carbocycles. The van der Waals surface area contributed by atoms with Crippen molar-refractivity contribution >= 4 is 11.9 Å². The normalized spacial score (nSPS) is 25.5. The molecule has 0 spiro atoms. The summed E-state index contributed by atoms with van der Waals surface area (Å²) < 4.78 is 0. The second-order valence-electron chi connectivity index (χ2n) is 4.82. The maximum atomic E-state index is 11.8. The molecular weight excluding hydrogens is 222 g/mol. The fraction of sp³-hybridized carbons (Fsp3) is 0.833. The second-order valence-corrected chi connectivity index (χ2v) is 4.82. The molecule has 1 amide bonds. The van der Waals surface area contributed by atoms with Crippen LogP contribution in [-0.2, 0) is 9.59 Å². The van der Waals surface area contributed by atoms with E-state index in [1.54, 1.807) is 0 Å². The lowest BCUT2D eigenvalue weighted by Crippen LogP contribution is -2.36. The monoisotopic (exact) mass is 243 g/mol. The van der Waals surface area contributed by atoms with Crippen LogP contribution in [0.5, 0.6) is 0 Å². The highest BCUT2D eigenvalue weighted by atomic mass is 16.4. The van der Waals surface area contributed by atoms with Crippen molar-refractivity contribution in [1.29, 1.82) is 0 Å². The van der Waals surface area contributed by atoms with Gasteiger partial charge in [0, 0.05) is 18.6 Å². The minimum Gasteiger partial charge on any atom is -0.481 e. The summed E-state index contributed by atoms with van der Waals surface area (Å²) >= 11 is 0. The third kappa shape index (κ3) is 4.34. The van der Waals surface area contributed by atoms with E-state index in [0.717, 1.165) is 6.42 Å². The molecule has 0 bridgehead atoms. The van der Waals surface area contributed by atoms with Gasteiger partial charge < -0.3 is 15.5 Å². The van der Waals surface area contributed by atoms with Gasteiger partial charge in [-0.25, -0.2) is 0 Å². The van der Waals surface area contributed by atoms with Crippen LogP contribution < -0.4 is 5.32 Å². The SMILES string of the molecule is CC(CCCO)NC(=O)[C@@H]1CC[C@H](C(=O)O)C1. The molecule has 5 heteroatoms. The lowest BCUT2D eigenvalue weighted by atomic mass is 10.0. The fourth-order valence-corrected chi connectivity index (χ4v) is 2.27. The van der Waals surface area contributed by atoms with E-state index in [1.807, 2.05) is 6.92 Å². The number of amides is 1. The van der Waals surface area contributed by atoms with Gasteiger partial charge in [-0.2, -0.15) is 0 Å². The maximum absolute atomic E-state index is 11.8. The molecule has 1 fully saturated rings. The lowest BCUT2D eigenvalue weighted by Gasteiger charge is -2.16. The molecule has 1 saturated carbocycles. The van der Waals surface area contributed by atoms with Crippen molar-refractivity contribution in [3.8, 4) is 0 Å². The molecule has 98 valence electrons. The van der Waals surface area contributed by atoms with Crippen molar-refractivity contribution in [2.75, 3.05) is 6.61 Å². The van der Waals surface area contributed by atoms with E-state index in [2.05, 4.69) is 5.32 Å². The van der Waals surface area contributed by atoms with Crippen LogP contribution in [-0.4, -0.2) is 34.7 Å². The summed E-state index contributed by atoms with van der Waals surface area (Å²) in [5, 5.41) is 20.4. The second kappa shape index (κ2) is 6.59. The summed E-state index contributed by atoms with van der Waals surface area (Å²) in [6.07, 6.45) is 3.13. The molecule has 0 saturated heterocycles. The Morgan fingerprint density at radius 2 is 2.00 bits per heavy atom. The molecule has 17 heavy (non-hydrogen) atoms. The summed E-state index contributed by atoms with van der Waals surface area (Å²) in [5.41, 5.74) is 0. The zero-order valence-corrected chi connectivity index (χ0v) is 10.2. The van der Waals surface area contributed by atoms with Crippen LogP contribution in [0.4, 0.5) is 0 Å². The highest BCUT2D eigenvalue weighted by Crippen LogP contribution is 2.31. The van der Waals surface area contributed by atoms with Gasteiger partial charge >= 0.3 is 5.97 Å². The largest absolute Gasteiger partial charge is 0.481 e. The van der Waals surface area contributed by atoms with Gasteiger partial charge in [0.15, 0.2) is 0 Å². The Labute approximate surface area is 101 Å². The van der Waals surface area contributed by atoms with E-state index in [-0.39, 0.29) is 30.4 Å². The van der Waals surface area contributed by atoms with Crippen LogP contribution in [0, 0.1) is 11.8 Å². The predicted octanol–water partition coefficient (Wildman–Crippen LogP) is 0.764. The third-order valence-electron chi connectivity index (χ3n) is 3.34. The molecule has 0 radical (unpaired) electrons. The van der Waals surface area contributed by atoms with Gasteiger partial charge in [0.1, 0.15) is 0 Å². The average Bonchev–Trinajstić information content (AvgIpc) is 2.75. The van der Waals surface area contributed by atoms with Crippen LogP contribution >= 0.6 is 0 Å². The summed E-state index contributed by atoms with van der Waals surface area (Å²) in [6, 6.07) is 0.0403. The van der Waals surface area contributed by atoms with Crippen molar-refractivity contribution < 1.29 is 19.8 Å². The molecule has 0 heterocycles. The van der Waals surface area contributed by atoms with Crippen LogP contribution in [0.1, 0.15) is 39.0 Å². The van der Waals surface area contributed by atoms with Gasteiger partial charge in [0.25, 0.3) is 0 Å². The molecule has 0 aromatic carbocycles. The highest BCUT2D eigenvalue weighted by Gasteiger charge is 2.33. The summed E-state index contributed by atoms with van der Waals surface area (Å²) in [4.78, 5) is 22.6. The molecular formula is C12H21NO4. The first kappa shape index (κ1) is 14.0. The molecule has 0 aromatic rings.